The molecule has 1 atom stereocenters. The average Bonchev–Trinajstić information content (AvgIpc) is 2.85. The lowest BCUT2D eigenvalue weighted by Crippen LogP contribution is -2.34. The van der Waals surface area contributed by atoms with Crippen LogP contribution in [-0.4, -0.2) is 40.0 Å². The molecule has 0 saturated carbocycles. The van der Waals surface area contributed by atoms with Crippen molar-refractivity contribution in [3.05, 3.63) is 16.6 Å². The number of nitrogens with zero attached hydrogens (tertiary/aromatic N) is 2. The molecule has 0 bridgehead atoms. The van der Waals surface area contributed by atoms with Crippen molar-refractivity contribution < 1.29 is 14.7 Å². The van der Waals surface area contributed by atoms with Crippen molar-refractivity contribution in [3.8, 4) is 0 Å². The number of aromatic nitrogens is 1. The minimum Gasteiger partial charge on any atom is -0.481 e. The second-order valence-electron chi connectivity index (χ2n) is 4.21. The Morgan fingerprint density at radius 3 is 2.88 bits per heavy atom. The first kappa shape index (κ1) is 11.1. The number of carbonyl (C=O) groups excluding carboxylic acids is 1. The van der Waals surface area contributed by atoms with Gasteiger partial charge in [-0.15, -0.1) is 11.3 Å². The maximum absolute atomic E-state index is 11.9. The summed E-state index contributed by atoms with van der Waals surface area (Å²) in [5.74, 6) is -0.959. The molecule has 5 nitrogen and oxygen atoms in total. The Hall–Kier alpha value is -1.43. The summed E-state index contributed by atoms with van der Waals surface area (Å²) in [6.07, 6.45) is 2.02. The maximum atomic E-state index is 11.9. The van der Waals surface area contributed by atoms with Gasteiger partial charge in [-0.1, -0.05) is 0 Å². The SMILES string of the molecule is CC1(C(=O)O)CCN(C(=O)c2cncs2)C1. The second-order valence-corrected chi connectivity index (χ2v) is 5.09. The standard InChI is InChI=1S/C10H12N2O3S/c1-10(9(14)15)2-3-12(5-10)8(13)7-4-11-6-16-7/h4,6H,2-3,5H2,1H3,(H,14,15). The minimum atomic E-state index is -0.841. The number of likely N-dealkylation sites (tertiary alicyclic amines) is 1. The summed E-state index contributed by atoms with van der Waals surface area (Å²) in [6.45, 7) is 2.45. The van der Waals surface area contributed by atoms with Gasteiger partial charge in [0.15, 0.2) is 0 Å². The van der Waals surface area contributed by atoms with E-state index in [-0.39, 0.29) is 12.5 Å². The molecule has 0 aliphatic carbocycles. The first-order valence-corrected chi connectivity index (χ1v) is 5.82. The molecule has 1 aliphatic heterocycles. The smallest absolute Gasteiger partial charge is 0.311 e. The third-order valence-electron chi connectivity index (χ3n) is 2.92. The highest BCUT2D eigenvalue weighted by molar-refractivity contribution is 7.11. The fourth-order valence-corrected chi connectivity index (χ4v) is 2.37. The van der Waals surface area contributed by atoms with Gasteiger partial charge < -0.3 is 10.0 Å². The largest absolute Gasteiger partial charge is 0.481 e. The Morgan fingerprint density at radius 1 is 1.62 bits per heavy atom. The van der Waals surface area contributed by atoms with E-state index in [1.165, 1.54) is 17.5 Å². The quantitative estimate of drug-likeness (QED) is 0.839. The van der Waals surface area contributed by atoms with Gasteiger partial charge in [0, 0.05) is 13.1 Å². The predicted octanol–water partition coefficient (Wildman–Crippen LogP) is 1.08. The summed E-state index contributed by atoms with van der Waals surface area (Å²) in [5, 5.41) is 9.05. The van der Waals surface area contributed by atoms with Crippen LogP contribution in [0.2, 0.25) is 0 Å². The fraction of sp³-hybridized carbons (Fsp3) is 0.500. The molecule has 1 aromatic heterocycles. The van der Waals surface area contributed by atoms with Crippen LogP contribution in [0.25, 0.3) is 0 Å². The zero-order chi connectivity index (χ0) is 11.8. The molecule has 1 unspecified atom stereocenters. The molecule has 16 heavy (non-hydrogen) atoms. The molecular formula is C10H12N2O3S. The first-order valence-electron chi connectivity index (χ1n) is 4.94. The highest BCUT2D eigenvalue weighted by Gasteiger charge is 2.42. The van der Waals surface area contributed by atoms with Crippen molar-refractivity contribution in [2.45, 2.75) is 13.3 Å². The van der Waals surface area contributed by atoms with Crippen LogP contribution >= 0.6 is 11.3 Å². The molecular weight excluding hydrogens is 228 g/mol. The molecule has 1 fully saturated rings. The molecule has 6 heteroatoms. The molecule has 2 heterocycles. The summed E-state index contributed by atoms with van der Waals surface area (Å²) in [7, 11) is 0. The van der Waals surface area contributed by atoms with E-state index in [1.54, 1.807) is 17.3 Å². The Kier molecular flexibility index (Phi) is 2.67. The number of rotatable bonds is 2. The van der Waals surface area contributed by atoms with Gasteiger partial charge in [-0.05, 0) is 13.3 Å². The molecule has 86 valence electrons. The minimum absolute atomic E-state index is 0.118. The summed E-state index contributed by atoms with van der Waals surface area (Å²) in [4.78, 5) is 28.9. The van der Waals surface area contributed by atoms with Gasteiger partial charge in [-0.25, -0.2) is 0 Å². The van der Waals surface area contributed by atoms with Gasteiger partial charge in [-0.3, -0.25) is 14.6 Å². The van der Waals surface area contributed by atoms with E-state index >= 15 is 0 Å². The lowest BCUT2D eigenvalue weighted by Gasteiger charge is -2.19. The van der Waals surface area contributed by atoms with Crippen molar-refractivity contribution in [2.24, 2.45) is 5.41 Å². The molecule has 1 amide bonds. The second kappa shape index (κ2) is 3.86. The van der Waals surface area contributed by atoms with Crippen LogP contribution in [0.1, 0.15) is 23.0 Å². The fourth-order valence-electron chi connectivity index (χ4n) is 1.79. The molecule has 0 aromatic carbocycles. The number of carboxylic acids is 1. The normalized spacial score (nSPS) is 24.7. The van der Waals surface area contributed by atoms with Crippen molar-refractivity contribution in [3.63, 3.8) is 0 Å². The van der Waals surface area contributed by atoms with Gasteiger partial charge in [-0.2, -0.15) is 0 Å². The first-order chi connectivity index (χ1) is 7.53. The molecule has 1 saturated heterocycles. The monoisotopic (exact) mass is 240 g/mol. The van der Waals surface area contributed by atoms with Crippen molar-refractivity contribution in [2.75, 3.05) is 13.1 Å². The Labute approximate surface area is 96.7 Å². The summed E-state index contributed by atoms with van der Waals surface area (Å²) < 4.78 is 0. The van der Waals surface area contributed by atoms with Crippen LogP contribution in [-0.2, 0) is 4.79 Å². The van der Waals surface area contributed by atoms with E-state index in [2.05, 4.69) is 4.98 Å². The van der Waals surface area contributed by atoms with Gasteiger partial charge in [0.25, 0.3) is 5.91 Å². The predicted molar refractivity (Wildman–Crippen MR) is 58.4 cm³/mol. The van der Waals surface area contributed by atoms with Crippen LogP contribution in [0.5, 0.6) is 0 Å². The number of thiazole rings is 1. The van der Waals surface area contributed by atoms with Crippen LogP contribution in [0.3, 0.4) is 0 Å². The third kappa shape index (κ3) is 1.80. The van der Waals surface area contributed by atoms with E-state index in [0.29, 0.717) is 17.8 Å². The number of carboxylic acid groups (broad SMARTS) is 1. The number of hydrogen-bond acceptors (Lipinski definition) is 4. The van der Waals surface area contributed by atoms with E-state index < -0.39 is 11.4 Å². The highest BCUT2D eigenvalue weighted by atomic mass is 32.1. The lowest BCUT2D eigenvalue weighted by molar-refractivity contribution is -0.147. The number of amides is 1. The van der Waals surface area contributed by atoms with Gasteiger partial charge in [0.1, 0.15) is 4.88 Å². The lowest BCUT2D eigenvalue weighted by atomic mass is 9.90. The zero-order valence-corrected chi connectivity index (χ0v) is 9.66. The number of carbonyl (C=O) groups is 2. The topological polar surface area (TPSA) is 70.5 Å². The Morgan fingerprint density at radius 2 is 2.38 bits per heavy atom. The molecule has 1 aromatic rings. The molecule has 2 rings (SSSR count). The van der Waals surface area contributed by atoms with Crippen molar-refractivity contribution in [1.82, 2.24) is 9.88 Å². The molecule has 0 radical (unpaired) electrons. The van der Waals surface area contributed by atoms with Gasteiger partial charge in [0.05, 0.1) is 17.1 Å². The van der Waals surface area contributed by atoms with E-state index in [4.69, 9.17) is 5.11 Å². The molecule has 1 aliphatic rings. The third-order valence-corrected chi connectivity index (χ3v) is 3.68. The molecule has 1 N–H and O–H groups in total. The summed E-state index contributed by atoms with van der Waals surface area (Å²) >= 11 is 1.28. The van der Waals surface area contributed by atoms with Gasteiger partial charge in [0.2, 0.25) is 0 Å². The van der Waals surface area contributed by atoms with Crippen LogP contribution in [0.4, 0.5) is 0 Å². The molecule has 0 spiro atoms. The average molecular weight is 240 g/mol. The van der Waals surface area contributed by atoms with Crippen molar-refractivity contribution >= 4 is 23.2 Å². The maximum Gasteiger partial charge on any atom is 0.311 e. The van der Waals surface area contributed by atoms with Crippen LogP contribution < -0.4 is 0 Å². The van der Waals surface area contributed by atoms with Crippen LogP contribution in [0, 0.1) is 5.41 Å². The Balaban J connectivity index is 2.10. The number of aliphatic carboxylic acids is 1. The Bertz CT molecular complexity index is 418. The zero-order valence-electron chi connectivity index (χ0n) is 8.84. The van der Waals surface area contributed by atoms with E-state index in [1.807, 2.05) is 0 Å². The van der Waals surface area contributed by atoms with Gasteiger partial charge >= 0.3 is 5.97 Å². The highest BCUT2D eigenvalue weighted by Crippen LogP contribution is 2.31. The van der Waals surface area contributed by atoms with E-state index in [0.717, 1.165) is 0 Å². The van der Waals surface area contributed by atoms with Crippen molar-refractivity contribution in [1.29, 1.82) is 0 Å². The summed E-state index contributed by atoms with van der Waals surface area (Å²) in [5.41, 5.74) is 0.792. The summed E-state index contributed by atoms with van der Waals surface area (Å²) in [6, 6.07) is 0. The van der Waals surface area contributed by atoms with Crippen LogP contribution in [0.15, 0.2) is 11.7 Å². The number of hydrogen-bond donors (Lipinski definition) is 1. The van der Waals surface area contributed by atoms with E-state index in [9.17, 15) is 9.59 Å².